The van der Waals surface area contributed by atoms with Crippen LogP contribution in [0.25, 0.3) is 0 Å². The Kier molecular flexibility index (Phi) is 5.20. The van der Waals surface area contributed by atoms with Gasteiger partial charge in [-0.1, -0.05) is 0 Å². The van der Waals surface area contributed by atoms with E-state index in [9.17, 15) is 18.0 Å². The number of esters is 1. The van der Waals surface area contributed by atoms with Crippen molar-refractivity contribution in [1.29, 1.82) is 0 Å². The van der Waals surface area contributed by atoms with E-state index in [1.165, 1.54) is 15.8 Å². The molecule has 0 aromatic carbocycles. The van der Waals surface area contributed by atoms with Crippen molar-refractivity contribution in [2.75, 3.05) is 13.2 Å². The largest absolute Gasteiger partial charge is 0.465 e. The van der Waals surface area contributed by atoms with Crippen LogP contribution >= 0.6 is 11.3 Å². The molecule has 0 aliphatic carbocycles. The summed E-state index contributed by atoms with van der Waals surface area (Å²) >= 11 is 0.972. The van der Waals surface area contributed by atoms with Crippen LogP contribution in [-0.2, 0) is 19.6 Å². The molecule has 0 spiro atoms. The minimum absolute atomic E-state index is 0.0116. The Bertz CT molecular complexity index is 668. The summed E-state index contributed by atoms with van der Waals surface area (Å²) in [5.74, 6) is -1.21. The summed E-state index contributed by atoms with van der Waals surface area (Å²) in [5.41, 5.74) is 5.15. The summed E-state index contributed by atoms with van der Waals surface area (Å²) < 4.78 is 31.6. The second-order valence-electron chi connectivity index (χ2n) is 4.89. The van der Waals surface area contributed by atoms with Crippen molar-refractivity contribution in [3.8, 4) is 0 Å². The van der Waals surface area contributed by atoms with Crippen molar-refractivity contribution in [3.05, 3.63) is 16.3 Å². The maximum atomic E-state index is 12.7. The average molecular weight is 346 g/mol. The zero-order valence-electron chi connectivity index (χ0n) is 12.1. The summed E-state index contributed by atoms with van der Waals surface area (Å²) in [7, 11) is -3.85. The van der Waals surface area contributed by atoms with Gasteiger partial charge in [0.15, 0.2) is 0 Å². The second-order valence-corrected chi connectivity index (χ2v) is 7.69. The molecule has 1 aromatic rings. The molecule has 1 saturated heterocycles. The molecule has 1 fully saturated rings. The predicted octanol–water partition coefficient (Wildman–Crippen LogP) is 0.953. The van der Waals surface area contributed by atoms with Crippen LogP contribution < -0.4 is 5.73 Å². The van der Waals surface area contributed by atoms with Crippen LogP contribution in [0.15, 0.2) is 16.3 Å². The first kappa shape index (κ1) is 16.9. The number of carbonyl (C=O) groups excluding carboxylic acids is 2. The lowest BCUT2D eigenvalue weighted by atomic mass is 10.1. The highest BCUT2D eigenvalue weighted by Gasteiger charge is 2.38. The molecule has 0 saturated carbocycles. The van der Waals surface area contributed by atoms with E-state index < -0.39 is 27.9 Å². The van der Waals surface area contributed by atoms with Gasteiger partial charge in [-0.15, -0.1) is 11.3 Å². The van der Waals surface area contributed by atoms with Crippen LogP contribution in [0.3, 0.4) is 0 Å². The molecule has 1 amide bonds. The van der Waals surface area contributed by atoms with Gasteiger partial charge >= 0.3 is 5.97 Å². The number of thiophene rings is 1. The molecule has 2 heterocycles. The summed E-state index contributed by atoms with van der Waals surface area (Å²) in [5, 5.41) is 1.37. The van der Waals surface area contributed by atoms with E-state index in [0.717, 1.165) is 17.8 Å². The molecule has 2 N–H and O–H groups in total. The van der Waals surface area contributed by atoms with Crippen LogP contribution in [-0.4, -0.2) is 43.8 Å². The van der Waals surface area contributed by atoms with E-state index in [1.807, 2.05) is 0 Å². The number of hydrogen-bond acceptors (Lipinski definition) is 6. The normalized spacial score (nSPS) is 19.8. The van der Waals surface area contributed by atoms with Crippen molar-refractivity contribution >= 4 is 33.2 Å². The lowest BCUT2D eigenvalue weighted by molar-refractivity contribution is -0.148. The molecule has 1 unspecified atom stereocenters. The van der Waals surface area contributed by atoms with E-state index in [2.05, 4.69) is 0 Å². The van der Waals surface area contributed by atoms with Crippen LogP contribution in [0, 0.1) is 0 Å². The van der Waals surface area contributed by atoms with Crippen molar-refractivity contribution in [2.45, 2.75) is 37.1 Å². The van der Waals surface area contributed by atoms with Gasteiger partial charge < -0.3 is 10.5 Å². The molecule has 0 bridgehead atoms. The van der Waals surface area contributed by atoms with Gasteiger partial charge in [-0.25, -0.2) is 8.42 Å². The Hall–Kier alpha value is -1.45. The average Bonchev–Trinajstić information content (AvgIpc) is 2.98. The fourth-order valence-corrected chi connectivity index (χ4v) is 5.15. The lowest BCUT2D eigenvalue weighted by Gasteiger charge is -2.32. The number of nitrogens with two attached hydrogens (primary N) is 1. The maximum Gasteiger partial charge on any atom is 0.324 e. The number of amides is 1. The zero-order valence-corrected chi connectivity index (χ0v) is 13.8. The van der Waals surface area contributed by atoms with Gasteiger partial charge in [0.05, 0.1) is 16.4 Å². The first-order valence-corrected chi connectivity index (χ1v) is 9.26. The molecule has 0 radical (unpaired) electrons. The fraction of sp³-hybridized carbons (Fsp3) is 0.538. The number of ether oxygens (including phenoxy) is 1. The third-order valence-corrected chi connectivity index (χ3v) is 6.42. The fourth-order valence-electron chi connectivity index (χ4n) is 2.39. The number of sulfonamides is 1. The van der Waals surface area contributed by atoms with Gasteiger partial charge in [0.1, 0.15) is 6.04 Å². The minimum atomic E-state index is -3.85. The number of piperidine rings is 1. The summed E-state index contributed by atoms with van der Waals surface area (Å²) in [6.45, 7) is 2.14. The summed E-state index contributed by atoms with van der Waals surface area (Å²) in [6, 6.07) is 0.440. The molecule has 9 heteroatoms. The van der Waals surface area contributed by atoms with Crippen LogP contribution in [0.2, 0.25) is 0 Å². The van der Waals surface area contributed by atoms with Crippen molar-refractivity contribution in [2.24, 2.45) is 5.73 Å². The predicted molar refractivity (Wildman–Crippen MR) is 81.0 cm³/mol. The van der Waals surface area contributed by atoms with E-state index in [-0.39, 0.29) is 22.9 Å². The zero-order chi connectivity index (χ0) is 16.3. The van der Waals surface area contributed by atoms with Crippen LogP contribution in [0.5, 0.6) is 0 Å². The van der Waals surface area contributed by atoms with Gasteiger partial charge in [-0.05, 0) is 32.3 Å². The van der Waals surface area contributed by atoms with E-state index >= 15 is 0 Å². The van der Waals surface area contributed by atoms with Crippen molar-refractivity contribution < 1.29 is 22.7 Å². The Morgan fingerprint density at radius 3 is 2.77 bits per heavy atom. The molecule has 122 valence electrons. The molecular formula is C13H18N2O5S2. The van der Waals surface area contributed by atoms with E-state index in [1.54, 1.807) is 6.92 Å². The van der Waals surface area contributed by atoms with Crippen LogP contribution in [0.1, 0.15) is 35.9 Å². The van der Waals surface area contributed by atoms with E-state index in [0.29, 0.717) is 12.8 Å². The first-order chi connectivity index (χ1) is 10.4. The van der Waals surface area contributed by atoms with Gasteiger partial charge in [-0.2, -0.15) is 4.31 Å². The smallest absolute Gasteiger partial charge is 0.324 e. The first-order valence-electron chi connectivity index (χ1n) is 6.94. The molecule has 1 aromatic heterocycles. The highest BCUT2D eigenvalue weighted by Crippen LogP contribution is 2.28. The quantitative estimate of drug-likeness (QED) is 0.799. The monoisotopic (exact) mass is 346 g/mol. The minimum Gasteiger partial charge on any atom is -0.465 e. The summed E-state index contributed by atoms with van der Waals surface area (Å²) in [4.78, 5) is 23.3. The second kappa shape index (κ2) is 6.76. The standard InChI is InChI=1S/C13H18N2O5S2/c1-2-20-13(17)10-5-3-4-6-15(10)22(18,19)9-7-11(12(14)16)21-8-9/h7-8,10H,2-6H2,1H3,(H2,14,16). The number of rotatable bonds is 5. The Balaban J connectivity index is 2.32. The molecular weight excluding hydrogens is 328 g/mol. The molecule has 1 aliphatic heterocycles. The Labute approximate surface area is 133 Å². The SMILES string of the molecule is CCOC(=O)C1CCCCN1S(=O)(=O)c1csc(C(N)=O)c1. The molecule has 7 nitrogen and oxygen atoms in total. The third kappa shape index (κ3) is 3.31. The number of hydrogen-bond donors (Lipinski definition) is 1. The van der Waals surface area contributed by atoms with E-state index in [4.69, 9.17) is 10.5 Å². The Morgan fingerprint density at radius 2 is 2.18 bits per heavy atom. The number of carbonyl (C=O) groups is 2. The molecule has 1 atom stereocenters. The van der Waals surface area contributed by atoms with Gasteiger partial charge in [0.25, 0.3) is 5.91 Å². The van der Waals surface area contributed by atoms with Gasteiger partial charge in [0, 0.05) is 11.9 Å². The highest BCUT2D eigenvalue weighted by molar-refractivity contribution is 7.89. The van der Waals surface area contributed by atoms with Gasteiger partial charge in [-0.3, -0.25) is 9.59 Å². The van der Waals surface area contributed by atoms with Crippen molar-refractivity contribution in [3.63, 3.8) is 0 Å². The molecule has 22 heavy (non-hydrogen) atoms. The highest BCUT2D eigenvalue weighted by atomic mass is 32.2. The van der Waals surface area contributed by atoms with Crippen molar-refractivity contribution in [1.82, 2.24) is 4.31 Å². The molecule has 1 aliphatic rings. The number of primary amides is 1. The maximum absolute atomic E-state index is 12.7. The molecule has 2 rings (SSSR count). The lowest BCUT2D eigenvalue weighted by Crippen LogP contribution is -2.48. The third-order valence-electron chi connectivity index (χ3n) is 3.44. The van der Waals surface area contributed by atoms with Crippen LogP contribution in [0.4, 0.5) is 0 Å². The summed E-state index contributed by atoms with van der Waals surface area (Å²) in [6.07, 6.45) is 1.89. The number of nitrogens with zero attached hydrogens (tertiary/aromatic N) is 1. The topological polar surface area (TPSA) is 107 Å². The Morgan fingerprint density at radius 1 is 1.45 bits per heavy atom. The van der Waals surface area contributed by atoms with Gasteiger partial charge in [0.2, 0.25) is 10.0 Å².